The highest BCUT2D eigenvalue weighted by Gasteiger charge is 1.90. The Kier molecular flexibility index (Phi) is 5.45. The second-order valence-electron chi connectivity index (χ2n) is 3.06. The van der Waals surface area contributed by atoms with Crippen molar-refractivity contribution in [3.8, 4) is 0 Å². The molecule has 0 aromatic carbocycles. The van der Waals surface area contributed by atoms with Gasteiger partial charge >= 0.3 is 0 Å². The van der Waals surface area contributed by atoms with Crippen LogP contribution in [0.5, 0.6) is 0 Å². The first-order valence-corrected chi connectivity index (χ1v) is 5.00. The van der Waals surface area contributed by atoms with Crippen molar-refractivity contribution >= 4 is 0 Å². The molecule has 6 heteroatoms. The summed E-state index contributed by atoms with van der Waals surface area (Å²) in [5, 5.41) is 0. The molecule has 0 aliphatic rings. The smallest absolute Gasteiger partial charge is 0.0675 e. The summed E-state index contributed by atoms with van der Waals surface area (Å²) in [5.74, 6) is 0. The lowest BCUT2D eigenvalue weighted by Gasteiger charge is -2.14. The summed E-state index contributed by atoms with van der Waals surface area (Å²) < 4.78 is 35.3. The summed E-state index contributed by atoms with van der Waals surface area (Å²) >= 11 is -5.62. The van der Waals surface area contributed by atoms with E-state index in [2.05, 4.69) is 28.2 Å². The van der Waals surface area contributed by atoms with Crippen LogP contribution in [0.4, 0.5) is 0 Å². The van der Waals surface area contributed by atoms with E-state index in [0.29, 0.717) is 0 Å². The highest BCUT2D eigenvalue weighted by molar-refractivity contribution is 3.87. The van der Waals surface area contributed by atoms with E-state index in [0.717, 1.165) is 4.48 Å². The monoisotopic (exact) mass is 217 g/mol. The SMILES string of the molecule is C[N+](C)(C)C.[O-][Br+3]([O-])([O-])[O-]. The van der Waals surface area contributed by atoms with E-state index in [9.17, 15) is 0 Å². The van der Waals surface area contributed by atoms with Gasteiger partial charge in [-0.05, 0) is 0 Å². The van der Waals surface area contributed by atoms with E-state index in [1.165, 1.54) is 0 Å². The predicted molar refractivity (Wildman–Crippen MR) is 24.0 cm³/mol. The Balaban J connectivity index is 0. The zero-order valence-corrected chi connectivity index (χ0v) is 8.04. The molecule has 0 unspecified atom stereocenters. The Morgan fingerprint density at radius 2 is 0.800 bits per heavy atom. The van der Waals surface area contributed by atoms with Crippen LogP contribution in [0.1, 0.15) is 0 Å². The highest BCUT2D eigenvalue weighted by Crippen LogP contribution is 1.73. The van der Waals surface area contributed by atoms with E-state index >= 15 is 0 Å². The fourth-order valence-electron chi connectivity index (χ4n) is 0. The molecule has 0 aromatic rings. The normalized spacial score (nSPS) is 12.0. The molecule has 0 heterocycles. The quantitative estimate of drug-likeness (QED) is 0.383. The maximum absolute atomic E-state index is 8.58. The van der Waals surface area contributed by atoms with Gasteiger partial charge in [-0.15, -0.1) is 0 Å². The van der Waals surface area contributed by atoms with Crippen LogP contribution in [0.3, 0.4) is 0 Å². The van der Waals surface area contributed by atoms with Gasteiger partial charge in [0, 0.05) is 0 Å². The minimum atomic E-state index is -5.62. The molecule has 0 saturated heterocycles. The van der Waals surface area contributed by atoms with Crippen molar-refractivity contribution in [1.29, 1.82) is 0 Å². The van der Waals surface area contributed by atoms with Crippen LogP contribution in [0.25, 0.3) is 0 Å². The van der Waals surface area contributed by atoms with Gasteiger partial charge in [0.25, 0.3) is 0 Å². The summed E-state index contributed by atoms with van der Waals surface area (Å²) in [5.41, 5.74) is 0. The molecule has 0 amide bonds. The topological polar surface area (TPSA) is 92.2 Å². The van der Waals surface area contributed by atoms with Gasteiger partial charge in [-0.2, -0.15) is 0 Å². The zero-order chi connectivity index (χ0) is 9.00. The van der Waals surface area contributed by atoms with Gasteiger partial charge in [-0.25, -0.2) is 0 Å². The Morgan fingerprint density at radius 3 is 0.800 bits per heavy atom. The zero-order valence-electron chi connectivity index (χ0n) is 6.46. The van der Waals surface area contributed by atoms with Crippen LogP contribution < -0.4 is 16.8 Å². The number of rotatable bonds is 0. The predicted octanol–water partition coefficient (Wildman–Crippen LogP) is -4.43. The molecule has 0 aliphatic heterocycles. The summed E-state index contributed by atoms with van der Waals surface area (Å²) in [4.78, 5) is 0. The average molecular weight is 218 g/mol. The minimum Gasteiger partial charge on any atom is -0.333 e. The molecule has 0 atom stereocenters. The molecule has 0 bridgehead atoms. The molecular weight excluding hydrogens is 206 g/mol. The molecule has 0 rings (SSSR count). The van der Waals surface area contributed by atoms with Crippen molar-refractivity contribution in [1.82, 2.24) is 0 Å². The molecule has 0 aromatic heterocycles. The third kappa shape index (κ3) is 5600. The summed E-state index contributed by atoms with van der Waals surface area (Å²) in [6.07, 6.45) is 0. The lowest BCUT2D eigenvalue weighted by atomic mass is 10.8. The van der Waals surface area contributed by atoms with Gasteiger partial charge in [0.2, 0.25) is 0 Å². The fourth-order valence-corrected chi connectivity index (χ4v) is 0. The lowest BCUT2D eigenvalue weighted by molar-refractivity contribution is -2.00. The first-order chi connectivity index (χ1) is 4.00. The van der Waals surface area contributed by atoms with Crippen LogP contribution in [0.15, 0.2) is 0 Å². The maximum atomic E-state index is 8.58. The van der Waals surface area contributed by atoms with Crippen molar-refractivity contribution < 1.29 is 35.4 Å². The van der Waals surface area contributed by atoms with Gasteiger partial charge in [0.15, 0.2) is 0 Å². The minimum absolute atomic E-state index is 1.00. The molecule has 0 radical (unpaired) electrons. The maximum Gasteiger partial charge on any atom is 0.0675 e. The second kappa shape index (κ2) is 4.22. The first-order valence-electron chi connectivity index (χ1n) is 2.41. The molecule has 64 valence electrons. The van der Waals surface area contributed by atoms with Gasteiger partial charge in [-0.3, -0.25) is 16.8 Å². The second-order valence-corrected chi connectivity index (χ2v) is 4.65. The standard InChI is InChI=1S/C4H12N.BrO4/c1-5(2,3)4;2-1(3,4)5/h1-4H3;/q+1;-1. The Morgan fingerprint density at radius 1 is 0.800 bits per heavy atom. The first kappa shape index (κ1) is 12.9. The fraction of sp³-hybridized carbons (Fsp3) is 1.00. The molecule has 0 N–H and O–H groups in total. The van der Waals surface area contributed by atoms with Crippen molar-refractivity contribution in [3.63, 3.8) is 0 Å². The number of nitrogens with zero attached hydrogens (tertiary/aromatic N) is 1. The van der Waals surface area contributed by atoms with E-state index in [4.69, 9.17) is 16.8 Å². The van der Waals surface area contributed by atoms with Crippen molar-refractivity contribution in [2.75, 3.05) is 28.2 Å². The van der Waals surface area contributed by atoms with Crippen molar-refractivity contribution in [3.05, 3.63) is 0 Å². The van der Waals surface area contributed by atoms with E-state index in [1.54, 1.807) is 0 Å². The van der Waals surface area contributed by atoms with Gasteiger partial charge in [-0.1, -0.05) is 0 Å². The Labute approximate surface area is 64.2 Å². The Hall–Kier alpha value is 0.280. The highest BCUT2D eigenvalue weighted by atomic mass is 80.0. The molecule has 0 aliphatic carbocycles. The summed E-state index contributed by atoms with van der Waals surface area (Å²) in [6.45, 7) is 0. The van der Waals surface area contributed by atoms with E-state index in [-0.39, 0.29) is 0 Å². The van der Waals surface area contributed by atoms with Crippen LogP contribution >= 0.6 is 0 Å². The number of quaternary nitrogens is 1. The molecule has 0 saturated carbocycles. The van der Waals surface area contributed by atoms with Crippen LogP contribution in [0.2, 0.25) is 0 Å². The summed E-state index contributed by atoms with van der Waals surface area (Å²) in [6, 6.07) is 0. The molecular formula is C4H12BrNO4. The van der Waals surface area contributed by atoms with Gasteiger partial charge < -0.3 is 4.48 Å². The number of hydrogen-bond donors (Lipinski definition) is 0. The molecule has 0 fully saturated rings. The number of halogens is 1. The summed E-state index contributed by atoms with van der Waals surface area (Å²) in [7, 11) is 8.50. The Bertz CT molecular complexity index is 60.2. The van der Waals surface area contributed by atoms with Crippen molar-refractivity contribution in [2.45, 2.75) is 0 Å². The molecule has 10 heavy (non-hydrogen) atoms. The van der Waals surface area contributed by atoms with Crippen LogP contribution in [0, 0.1) is 14.1 Å². The third-order valence-corrected chi connectivity index (χ3v) is 0. The average Bonchev–Trinajstić information content (AvgIpc) is 1.12. The lowest BCUT2D eigenvalue weighted by Crippen LogP contribution is -2.68. The van der Waals surface area contributed by atoms with E-state index < -0.39 is 14.1 Å². The molecule has 0 spiro atoms. The van der Waals surface area contributed by atoms with Gasteiger partial charge in [0.05, 0.1) is 42.3 Å². The van der Waals surface area contributed by atoms with Gasteiger partial charge in [0.1, 0.15) is 0 Å². The molecule has 5 nitrogen and oxygen atoms in total. The third-order valence-electron chi connectivity index (χ3n) is 0. The van der Waals surface area contributed by atoms with Crippen LogP contribution in [-0.4, -0.2) is 32.7 Å². The van der Waals surface area contributed by atoms with Crippen LogP contribution in [-0.2, 0) is 0 Å². The largest absolute Gasteiger partial charge is 0.333 e. The number of hydrogen-bond acceptors (Lipinski definition) is 4. The van der Waals surface area contributed by atoms with Crippen molar-refractivity contribution in [2.24, 2.45) is 0 Å². The van der Waals surface area contributed by atoms with E-state index in [1.807, 2.05) is 0 Å².